The van der Waals surface area contributed by atoms with Crippen LogP contribution in [0, 0.1) is 0 Å². The second-order valence-corrected chi connectivity index (χ2v) is 3.17. The van der Waals surface area contributed by atoms with Gasteiger partial charge in [-0.3, -0.25) is 0 Å². The van der Waals surface area contributed by atoms with Crippen molar-refractivity contribution in [2.45, 2.75) is 0 Å². The summed E-state index contributed by atoms with van der Waals surface area (Å²) in [6.45, 7) is 0.408. The van der Waals surface area contributed by atoms with Gasteiger partial charge in [-0.25, -0.2) is 0 Å². The molecule has 14 heavy (non-hydrogen) atoms. The van der Waals surface area contributed by atoms with Crippen molar-refractivity contribution in [2.75, 3.05) is 12.5 Å². The summed E-state index contributed by atoms with van der Waals surface area (Å²) in [4.78, 5) is 0. The standard InChI is InChI=1S/C10H9ClO3/c11-4-5-13-8-2-1-3-9-10(8)7(12)6-14-9/h1-3,6,12H,4-5H2. The van der Waals surface area contributed by atoms with Crippen LogP contribution in [0.5, 0.6) is 11.5 Å². The molecule has 0 amide bonds. The molecule has 0 spiro atoms. The van der Waals surface area contributed by atoms with E-state index < -0.39 is 0 Å². The first-order valence-corrected chi connectivity index (χ1v) is 4.74. The lowest BCUT2D eigenvalue weighted by Gasteiger charge is -2.04. The number of fused-ring (bicyclic) bond motifs is 1. The lowest BCUT2D eigenvalue weighted by atomic mass is 10.2. The van der Waals surface area contributed by atoms with E-state index in [0.29, 0.717) is 29.2 Å². The van der Waals surface area contributed by atoms with Crippen LogP contribution in [0.1, 0.15) is 0 Å². The quantitative estimate of drug-likeness (QED) is 0.796. The van der Waals surface area contributed by atoms with Gasteiger partial charge in [-0.15, -0.1) is 11.6 Å². The van der Waals surface area contributed by atoms with Crippen molar-refractivity contribution in [3.63, 3.8) is 0 Å². The van der Waals surface area contributed by atoms with Gasteiger partial charge in [0.1, 0.15) is 29.6 Å². The van der Waals surface area contributed by atoms with E-state index in [-0.39, 0.29) is 5.75 Å². The molecule has 4 heteroatoms. The molecule has 2 aromatic rings. The average molecular weight is 213 g/mol. The van der Waals surface area contributed by atoms with E-state index in [2.05, 4.69) is 0 Å². The normalized spacial score (nSPS) is 10.6. The molecule has 2 rings (SSSR count). The van der Waals surface area contributed by atoms with Crippen molar-refractivity contribution in [3.8, 4) is 11.5 Å². The molecule has 1 aromatic carbocycles. The second-order valence-electron chi connectivity index (χ2n) is 2.79. The van der Waals surface area contributed by atoms with Gasteiger partial charge in [0.2, 0.25) is 0 Å². The van der Waals surface area contributed by atoms with Crippen LogP contribution in [0.15, 0.2) is 28.9 Å². The summed E-state index contributed by atoms with van der Waals surface area (Å²) in [5.74, 6) is 1.09. The van der Waals surface area contributed by atoms with Crippen molar-refractivity contribution in [2.24, 2.45) is 0 Å². The van der Waals surface area contributed by atoms with E-state index >= 15 is 0 Å². The summed E-state index contributed by atoms with van der Waals surface area (Å²) in [7, 11) is 0. The predicted molar refractivity (Wildman–Crippen MR) is 54.1 cm³/mol. The van der Waals surface area contributed by atoms with Gasteiger partial charge in [0.05, 0.1) is 5.88 Å². The molecule has 0 aliphatic rings. The Bertz CT molecular complexity index is 436. The fraction of sp³-hybridized carbons (Fsp3) is 0.200. The van der Waals surface area contributed by atoms with Gasteiger partial charge in [-0.05, 0) is 12.1 Å². The molecule has 0 atom stereocenters. The topological polar surface area (TPSA) is 42.6 Å². The smallest absolute Gasteiger partial charge is 0.165 e. The third-order valence-corrected chi connectivity index (χ3v) is 2.03. The van der Waals surface area contributed by atoms with Crippen LogP contribution < -0.4 is 4.74 Å². The molecule has 0 saturated heterocycles. The van der Waals surface area contributed by atoms with Gasteiger partial charge in [0.25, 0.3) is 0 Å². The lowest BCUT2D eigenvalue weighted by Crippen LogP contribution is -1.97. The molecule has 3 nitrogen and oxygen atoms in total. The summed E-state index contributed by atoms with van der Waals surface area (Å²) in [5.41, 5.74) is 0.606. The van der Waals surface area contributed by atoms with Gasteiger partial charge >= 0.3 is 0 Å². The Hall–Kier alpha value is -1.35. The van der Waals surface area contributed by atoms with E-state index in [1.165, 1.54) is 6.26 Å². The lowest BCUT2D eigenvalue weighted by molar-refractivity contribution is 0.345. The first kappa shape index (κ1) is 9.21. The third kappa shape index (κ3) is 1.51. The van der Waals surface area contributed by atoms with Crippen LogP contribution in [-0.2, 0) is 0 Å². The van der Waals surface area contributed by atoms with Crippen molar-refractivity contribution in [1.29, 1.82) is 0 Å². The van der Waals surface area contributed by atoms with Crippen LogP contribution in [0.4, 0.5) is 0 Å². The van der Waals surface area contributed by atoms with Gasteiger partial charge in [-0.2, -0.15) is 0 Å². The van der Waals surface area contributed by atoms with E-state index in [0.717, 1.165) is 0 Å². The predicted octanol–water partition coefficient (Wildman–Crippen LogP) is 2.76. The molecule has 0 fully saturated rings. The zero-order valence-electron chi connectivity index (χ0n) is 7.37. The van der Waals surface area contributed by atoms with Gasteiger partial charge in [0.15, 0.2) is 5.75 Å². The summed E-state index contributed by atoms with van der Waals surface area (Å²) in [6.07, 6.45) is 1.29. The monoisotopic (exact) mass is 212 g/mol. The Morgan fingerprint density at radius 3 is 3.07 bits per heavy atom. The van der Waals surface area contributed by atoms with E-state index in [4.69, 9.17) is 20.8 Å². The van der Waals surface area contributed by atoms with Crippen LogP contribution in [0.3, 0.4) is 0 Å². The van der Waals surface area contributed by atoms with Gasteiger partial charge in [0, 0.05) is 0 Å². The van der Waals surface area contributed by atoms with Crippen LogP contribution in [0.25, 0.3) is 11.0 Å². The van der Waals surface area contributed by atoms with Crippen molar-refractivity contribution >= 4 is 22.6 Å². The van der Waals surface area contributed by atoms with Crippen LogP contribution in [-0.4, -0.2) is 17.6 Å². The number of aromatic hydroxyl groups is 1. The number of rotatable bonds is 3. The average Bonchev–Trinajstić information content (AvgIpc) is 2.58. The Morgan fingerprint density at radius 2 is 2.29 bits per heavy atom. The molecule has 0 unspecified atom stereocenters. The minimum atomic E-state index is 0.0881. The first-order valence-electron chi connectivity index (χ1n) is 4.21. The number of ether oxygens (including phenoxy) is 1. The molecule has 1 N–H and O–H groups in total. The number of furan rings is 1. The zero-order valence-corrected chi connectivity index (χ0v) is 8.12. The summed E-state index contributed by atoms with van der Waals surface area (Å²) < 4.78 is 10.5. The summed E-state index contributed by atoms with van der Waals surface area (Å²) in [6, 6.07) is 5.33. The van der Waals surface area contributed by atoms with Crippen LogP contribution in [0.2, 0.25) is 0 Å². The molecule has 0 bridgehead atoms. The highest BCUT2D eigenvalue weighted by atomic mass is 35.5. The number of benzene rings is 1. The second kappa shape index (κ2) is 3.80. The first-order chi connectivity index (χ1) is 6.83. The third-order valence-electron chi connectivity index (χ3n) is 1.88. The van der Waals surface area contributed by atoms with Crippen molar-refractivity contribution in [3.05, 3.63) is 24.5 Å². The SMILES string of the molecule is Oc1coc2cccc(OCCCl)c12. The van der Waals surface area contributed by atoms with E-state index in [1.54, 1.807) is 18.2 Å². The molecule has 0 radical (unpaired) electrons. The Balaban J connectivity index is 2.46. The number of halogens is 1. The highest BCUT2D eigenvalue weighted by Crippen LogP contribution is 2.34. The summed E-state index contributed by atoms with van der Waals surface area (Å²) >= 11 is 5.51. The maximum atomic E-state index is 9.48. The van der Waals surface area contributed by atoms with Gasteiger partial charge < -0.3 is 14.3 Å². The molecule has 0 aliphatic heterocycles. The number of hydrogen-bond donors (Lipinski definition) is 1. The van der Waals surface area contributed by atoms with Crippen LogP contribution >= 0.6 is 11.6 Å². The zero-order chi connectivity index (χ0) is 9.97. The molecule has 1 aromatic heterocycles. The fourth-order valence-electron chi connectivity index (χ4n) is 1.31. The highest BCUT2D eigenvalue weighted by molar-refractivity contribution is 6.18. The molecule has 0 aliphatic carbocycles. The summed E-state index contributed by atoms with van der Waals surface area (Å²) in [5, 5.41) is 10.1. The highest BCUT2D eigenvalue weighted by Gasteiger charge is 2.09. The van der Waals surface area contributed by atoms with Crippen molar-refractivity contribution < 1.29 is 14.3 Å². The Morgan fingerprint density at radius 1 is 1.43 bits per heavy atom. The fourth-order valence-corrected chi connectivity index (χ4v) is 1.39. The molecule has 74 valence electrons. The van der Waals surface area contributed by atoms with Gasteiger partial charge in [-0.1, -0.05) is 6.07 Å². The molecule has 1 heterocycles. The minimum Gasteiger partial charge on any atom is -0.504 e. The Kier molecular flexibility index (Phi) is 2.50. The maximum Gasteiger partial charge on any atom is 0.165 e. The molecular formula is C10H9ClO3. The van der Waals surface area contributed by atoms with E-state index in [1.807, 2.05) is 0 Å². The largest absolute Gasteiger partial charge is 0.504 e. The number of hydrogen-bond acceptors (Lipinski definition) is 3. The minimum absolute atomic E-state index is 0.0881. The van der Waals surface area contributed by atoms with Crippen molar-refractivity contribution in [1.82, 2.24) is 0 Å². The Labute approximate surface area is 85.8 Å². The number of alkyl halides is 1. The molecular weight excluding hydrogens is 204 g/mol. The molecule has 0 saturated carbocycles. The maximum absolute atomic E-state index is 9.48. The van der Waals surface area contributed by atoms with E-state index in [9.17, 15) is 5.11 Å².